The van der Waals surface area contributed by atoms with Gasteiger partial charge in [0.15, 0.2) is 0 Å². The molecule has 5 aromatic carbocycles. The summed E-state index contributed by atoms with van der Waals surface area (Å²) in [6.45, 7) is 13.4. The van der Waals surface area contributed by atoms with Crippen LogP contribution in [0.15, 0.2) is 109 Å². The molecule has 0 fully saturated rings. The minimum Gasteiger partial charge on any atom is -0.244 e. The zero-order chi connectivity index (χ0) is 38.6. The molecule has 55 heavy (non-hydrogen) atoms. The summed E-state index contributed by atoms with van der Waals surface area (Å²) in [5.41, 5.74) is 17.7. The number of benzene rings is 5. The summed E-state index contributed by atoms with van der Waals surface area (Å²) < 4.78 is 0. The van der Waals surface area contributed by atoms with Gasteiger partial charge in [-0.25, -0.2) is 9.97 Å². The Bertz CT molecular complexity index is 1970. The molecule has 0 atom stereocenters. The summed E-state index contributed by atoms with van der Waals surface area (Å²) in [6.07, 6.45) is 19.2. The van der Waals surface area contributed by atoms with Gasteiger partial charge in [0.25, 0.3) is 0 Å². The molecule has 1 aromatic heterocycles. The van der Waals surface area contributed by atoms with Gasteiger partial charge in [0.1, 0.15) is 0 Å². The number of hydrogen-bond acceptors (Lipinski definition) is 2. The molecule has 0 saturated heterocycles. The molecule has 0 radical (unpaired) electrons. The van der Waals surface area contributed by atoms with Gasteiger partial charge in [-0.05, 0) is 73.9 Å². The third-order valence-electron chi connectivity index (χ3n) is 11.9. The van der Waals surface area contributed by atoms with E-state index < -0.39 is 0 Å². The predicted molar refractivity (Wildman–Crippen MR) is 238 cm³/mol. The number of aromatic nitrogens is 2. The van der Waals surface area contributed by atoms with E-state index in [9.17, 15) is 0 Å². The van der Waals surface area contributed by atoms with E-state index in [1.54, 1.807) is 11.1 Å². The fourth-order valence-corrected chi connectivity index (χ4v) is 8.79. The highest BCUT2D eigenvalue weighted by Gasteiger charge is 2.42. The van der Waals surface area contributed by atoms with Crippen molar-refractivity contribution in [3.63, 3.8) is 0 Å². The zero-order valence-corrected chi connectivity index (χ0v) is 34.7. The first-order valence-electron chi connectivity index (χ1n) is 21.5. The topological polar surface area (TPSA) is 25.8 Å². The van der Waals surface area contributed by atoms with Crippen molar-refractivity contribution in [2.45, 2.75) is 137 Å². The lowest BCUT2D eigenvalue weighted by molar-refractivity contribution is 0.397. The van der Waals surface area contributed by atoms with E-state index in [0.717, 1.165) is 44.7 Å². The van der Waals surface area contributed by atoms with E-state index in [1.165, 1.54) is 112 Å². The third-order valence-corrected chi connectivity index (χ3v) is 11.9. The molecule has 1 heterocycles. The Labute approximate surface area is 332 Å². The Kier molecular flexibility index (Phi) is 14.1. The number of hydrogen-bond donors (Lipinski definition) is 0. The highest BCUT2D eigenvalue weighted by molar-refractivity contribution is 5.89. The molecule has 0 spiro atoms. The summed E-state index contributed by atoms with van der Waals surface area (Å²) in [6, 6.07) is 39.3. The van der Waals surface area contributed by atoms with Crippen molar-refractivity contribution in [2.75, 3.05) is 0 Å². The van der Waals surface area contributed by atoms with Gasteiger partial charge in [-0.1, -0.05) is 211 Å². The Morgan fingerprint density at radius 1 is 0.418 bits per heavy atom. The van der Waals surface area contributed by atoms with Gasteiger partial charge >= 0.3 is 0 Å². The Morgan fingerprint density at radius 3 is 1.20 bits per heavy atom. The maximum absolute atomic E-state index is 5.02. The smallest absolute Gasteiger partial charge is 0.0973 e. The highest BCUT2D eigenvalue weighted by atomic mass is 14.8. The molecule has 0 aliphatic heterocycles. The lowest BCUT2D eigenvalue weighted by Gasteiger charge is -2.33. The van der Waals surface area contributed by atoms with Crippen molar-refractivity contribution < 1.29 is 0 Å². The summed E-state index contributed by atoms with van der Waals surface area (Å²) in [5.74, 6) is 0. The second-order valence-electron chi connectivity index (χ2n) is 16.3. The van der Waals surface area contributed by atoms with Crippen LogP contribution in [0.5, 0.6) is 0 Å². The molecule has 2 heteroatoms. The van der Waals surface area contributed by atoms with Gasteiger partial charge in [-0.2, -0.15) is 0 Å². The van der Waals surface area contributed by atoms with Crippen molar-refractivity contribution in [1.29, 1.82) is 0 Å². The van der Waals surface area contributed by atoms with E-state index in [1.807, 2.05) is 36.4 Å². The largest absolute Gasteiger partial charge is 0.244 e. The minimum atomic E-state index is 0.234. The van der Waals surface area contributed by atoms with E-state index in [4.69, 9.17) is 9.97 Å². The van der Waals surface area contributed by atoms with Crippen LogP contribution in [-0.2, 0) is 5.41 Å². The van der Waals surface area contributed by atoms with Gasteiger partial charge in [-0.15, -0.1) is 0 Å². The first-order valence-corrected chi connectivity index (χ1v) is 21.5. The van der Waals surface area contributed by atoms with Crippen LogP contribution in [0.4, 0.5) is 0 Å². The predicted octanol–water partition coefficient (Wildman–Crippen LogP) is 15.7. The molecule has 1 aliphatic carbocycles. The molecule has 0 bridgehead atoms. The average Bonchev–Trinajstić information content (AvgIpc) is 3.47. The van der Waals surface area contributed by atoms with E-state index >= 15 is 0 Å². The van der Waals surface area contributed by atoms with Gasteiger partial charge in [0.05, 0.1) is 22.4 Å². The third kappa shape index (κ3) is 9.46. The Hall–Kier alpha value is -4.56. The lowest BCUT2D eigenvalue weighted by atomic mass is 9.70. The standard InChI is InChI=1S/C31H46.C22H18N2/c1-5-7-9-11-13-15-21-31(22-16-14-12-10-8-6-2)29-23-25(3)17-19-27(29)28-20-18-26(4)24-30(28)31;1-15-13-14-16(2)20-19(15)23-21(17-9-5-3-6-10-17)22(24-20)18-11-7-4-8-12-18/h17-20,23-24H,5-16,21-22H2,1-4H3;3-14H,1-2H3. The number of nitrogens with zero attached hydrogens (tertiary/aromatic N) is 2. The first-order chi connectivity index (χ1) is 26.9. The average molecular weight is 729 g/mol. The molecule has 0 N–H and O–H groups in total. The summed E-state index contributed by atoms with van der Waals surface area (Å²) >= 11 is 0. The lowest BCUT2D eigenvalue weighted by Crippen LogP contribution is -2.25. The van der Waals surface area contributed by atoms with Crippen LogP contribution in [0.1, 0.15) is 137 Å². The quantitative estimate of drug-likeness (QED) is 0.0927. The molecule has 2 nitrogen and oxygen atoms in total. The van der Waals surface area contributed by atoms with E-state index in [-0.39, 0.29) is 5.41 Å². The zero-order valence-electron chi connectivity index (χ0n) is 34.7. The summed E-state index contributed by atoms with van der Waals surface area (Å²) in [4.78, 5) is 10.0. The molecular formula is C53H64N2. The highest BCUT2D eigenvalue weighted by Crippen LogP contribution is 2.54. The molecule has 286 valence electrons. The number of fused-ring (bicyclic) bond motifs is 4. The number of aryl methyl sites for hydroxylation is 4. The van der Waals surface area contributed by atoms with Crippen molar-refractivity contribution in [1.82, 2.24) is 9.97 Å². The van der Waals surface area contributed by atoms with Crippen LogP contribution in [-0.4, -0.2) is 9.97 Å². The van der Waals surface area contributed by atoms with Gasteiger partial charge in [0.2, 0.25) is 0 Å². The van der Waals surface area contributed by atoms with Crippen LogP contribution in [0.2, 0.25) is 0 Å². The summed E-state index contributed by atoms with van der Waals surface area (Å²) in [5, 5.41) is 0. The van der Waals surface area contributed by atoms with Crippen LogP contribution in [0, 0.1) is 27.7 Å². The van der Waals surface area contributed by atoms with Crippen molar-refractivity contribution in [3.05, 3.63) is 143 Å². The van der Waals surface area contributed by atoms with E-state index in [0.29, 0.717) is 0 Å². The van der Waals surface area contributed by atoms with Gasteiger partial charge < -0.3 is 0 Å². The number of unbranched alkanes of at least 4 members (excludes halogenated alkanes) is 10. The van der Waals surface area contributed by atoms with Crippen LogP contribution >= 0.6 is 0 Å². The van der Waals surface area contributed by atoms with Crippen LogP contribution in [0.3, 0.4) is 0 Å². The number of rotatable bonds is 16. The monoisotopic (exact) mass is 729 g/mol. The van der Waals surface area contributed by atoms with Crippen molar-refractivity contribution in [2.24, 2.45) is 0 Å². The normalized spacial score (nSPS) is 12.6. The first kappa shape index (κ1) is 40.1. The van der Waals surface area contributed by atoms with Crippen molar-refractivity contribution >= 4 is 11.0 Å². The fourth-order valence-electron chi connectivity index (χ4n) is 8.79. The SMILES string of the molecule is CCCCCCCCC1(CCCCCCCC)c2cc(C)ccc2-c2ccc(C)cc21.Cc1ccc(C)c2nc(-c3ccccc3)c(-c3ccccc3)nc12. The molecule has 0 amide bonds. The molecular weight excluding hydrogens is 665 g/mol. The molecule has 6 aromatic rings. The molecule has 1 aliphatic rings. The van der Waals surface area contributed by atoms with Gasteiger partial charge in [-0.3, -0.25) is 0 Å². The van der Waals surface area contributed by atoms with Crippen molar-refractivity contribution in [3.8, 4) is 33.6 Å². The minimum absolute atomic E-state index is 0.234. The van der Waals surface area contributed by atoms with E-state index in [2.05, 4.69) is 114 Å². The van der Waals surface area contributed by atoms with Crippen LogP contribution in [0.25, 0.3) is 44.7 Å². The molecule has 0 saturated carbocycles. The van der Waals surface area contributed by atoms with Crippen LogP contribution < -0.4 is 0 Å². The maximum atomic E-state index is 5.02. The Morgan fingerprint density at radius 2 is 0.800 bits per heavy atom. The molecule has 7 rings (SSSR count). The molecule has 0 unspecified atom stereocenters. The maximum Gasteiger partial charge on any atom is 0.0973 e. The second-order valence-corrected chi connectivity index (χ2v) is 16.3. The summed E-state index contributed by atoms with van der Waals surface area (Å²) in [7, 11) is 0. The fraction of sp³-hybridized carbons (Fsp3) is 0.396. The Balaban J connectivity index is 0.000000193. The second kappa shape index (κ2) is 19.3. The van der Waals surface area contributed by atoms with Gasteiger partial charge in [0, 0.05) is 16.5 Å².